The van der Waals surface area contributed by atoms with E-state index in [-0.39, 0.29) is 11.8 Å². The molecule has 0 unspecified atom stereocenters. The van der Waals surface area contributed by atoms with Gasteiger partial charge in [0.2, 0.25) is 5.95 Å². The molecule has 176 valence electrons. The number of hydrogen-bond acceptors (Lipinski definition) is 9. The summed E-state index contributed by atoms with van der Waals surface area (Å²) in [7, 11) is 3.66. The predicted octanol–water partition coefficient (Wildman–Crippen LogP) is 2.40. The van der Waals surface area contributed by atoms with E-state index in [1.165, 1.54) is 0 Å². The largest absolute Gasteiger partial charge is 0.345 e. The number of hydrogen-bond donors (Lipinski definition) is 1. The van der Waals surface area contributed by atoms with Crippen molar-refractivity contribution in [3.8, 4) is 17.3 Å². The maximum Gasteiger partial charge on any atom is 0.227 e. The summed E-state index contributed by atoms with van der Waals surface area (Å²) >= 11 is 0. The number of nitrogens with one attached hydrogen (secondary N) is 1. The lowest BCUT2D eigenvalue weighted by atomic mass is 10.0. The quantitative estimate of drug-likeness (QED) is 0.434. The first-order valence-electron chi connectivity index (χ1n) is 11.3. The number of anilines is 3. The van der Waals surface area contributed by atoms with Gasteiger partial charge in [0.05, 0.1) is 35.4 Å². The Bertz CT molecular complexity index is 1420. The molecule has 1 fully saturated rings. The van der Waals surface area contributed by atoms with Gasteiger partial charge in [-0.25, -0.2) is 15.0 Å². The zero-order valence-corrected chi connectivity index (χ0v) is 19.5. The molecule has 5 heterocycles. The van der Waals surface area contributed by atoms with Crippen LogP contribution in [-0.4, -0.2) is 52.9 Å². The zero-order valence-electron chi connectivity index (χ0n) is 19.5. The molecule has 0 amide bonds. The first kappa shape index (κ1) is 22.2. The van der Waals surface area contributed by atoms with E-state index in [0.29, 0.717) is 41.6 Å². The molecule has 0 aromatic carbocycles. The molecule has 1 aliphatic rings. The molecule has 1 N–H and O–H groups in total. The third-order valence-corrected chi connectivity index (χ3v) is 5.93. The SMILES string of the molecule is Cn1cc(CC(=O)[C@H]2CCCN2c2ncc(-c3ccnc(Nc4cnn(C)c4)n3)cc2C#N)cn1. The number of carbonyl (C=O) groups is 1. The highest BCUT2D eigenvalue weighted by molar-refractivity contribution is 5.89. The Morgan fingerprint density at radius 3 is 2.74 bits per heavy atom. The molecule has 0 aliphatic carbocycles. The van der Waals surface area contributed by atoms with Crippen molar-refractivity contribution in [3.63, 3.8) is 0 Å². The molecule has 1 aliphatic heterocycles. The van der Waals surface area contributed by atoms with Crippen molar-refractivity contribution in [2.45, 2.75) is 25.3 Å². The van der Waals surface area contributed by atoms with E-state index < -0.39 is 0 Å². The van der Waals surface area contributed by atoms with E-state index in [4.69, 9.17) is 0 Å². The van der Waals surface area contributed by atoms with E-state index in [1.807, 2.05) is 31.4 Å². The number of aryl methyl sites for hydroxylation is 2. The molecule has 1 atom stereocenters. The molecule has 11 nitrogen and oxygen atoms in total. The Balaban J connectivity index is 1.38. The minimum Gasteiger partial charge on any atom is -0.345 e. The van der Waals surface area contributed by atoms with E-state index in [2.05, 4.69) is 36.5 Å². The van der Waals surface area contributed by atoms with Crippen molar-refractivity contribution in [1.82, 2.24) is 34.5 Å². The molecule has 4 aromatic rings. The number of nitriles is 1. The summed E-state index contributed by atoms with van der Waals surface area (Å²) in [5.41, 5.74) is 3.38. The number of ketones is 1. The van der Waals surface area contributed by atoms with E-state index in [9.17, 15) is 10.1 Å². The van der Waals surface area contributed by atoms with Gasteiger partial charge >= 0.3 is 0 Å². The molecule has 1 saturated heterocycles. The first-order chi connectivity index (χ1) is 17.0. The van der Waals surface area contributed by atoms with Gasteiger partial charge in [-0.1, -0.05) is 0 Å². The highest BCUT2D eigenvalue weighted by Crippen LogP contribution is 2.30. The lowest BCUT2D eigenvalue weighted by Crippen LogP contribution is -2.38. The zero-order chi connectivity index (χ0) is 24.4. The van der Waals surface area contributed by atoms with Crippen LogP contribution in [0.25, 0.3) is 11.3 Å². The molecule has 0 radical (unpaired) electrons. The Labute approximate surface area is 202 Å². The van der Waals surface area contributed by atoms with Gasteiger partial charge < -0.3 is 10.2 Å². The first-order valence-corrected chi connectivity index (χ1v) is 11.3. The van der Waals surface area contributed by atoms with Crippen LogP contribution in [0.4, 0.5) is 17.5 Å². The normalized spacial score (nSPS) is 15.2. The van der Waals surface area contributed by atoms with Crippen molar-refractivity contribution in [2.75, 3.05) is 16.8 Å². The Morgan fingerprint density at radius 1 is 1.17 bits per heavy atom. The molecule has 0 spiro atoms. The second-order valence-electron chi connectivity index (χ2n) is 8.52. The fraction of sp³-hybridized carbons (Fsp3) is 0.292. The number of aromatic nitrogens is 7. The smallest absolute Gasteiger partial charge is 0.227 e. The van der Waals surface area contributed by atoms with Crippen molar-refractivity contribution < 1.29 is 4.79 Å². The van der Waals surface area contributed by atoms with Gasteiger partial charge in [0.25, 0.3) is 0 Å². The maximum atomic E-state index is 13.1. The summed E-state index contributed by atoms with van der Waals surface area (Å²) in [4.78, 5) is 28.4. The fourth-order valence-electron chi connectivity index (χ4n) is 4.34. The lowest BCUT2D eigenvalue weighted by Gasteiger charge is -2.25. The summed E-state index contributed by atoms with van der Waals surface area (Å²) in [6, 6.07) is 5.47. The maximum absolute atomic E-state index is 13.1. The lowest BCUT2D eigenvalue weighted by molar-refractivity contribution is -0.119. The summed E-state index contributed by atoms with van der Waals surface area (Å²) in [5.74, 6) is 1.05. The van der Waals surface area contributed by atoms with Gasteiger partial charge in [-0.3, -0.25) is 14.2 Å². The Morgan fingerprint density at radius 2 is 2.00 bits per heavy atom. The summed E-state index contributed by atoms with van der Waals surface area (Å²) < 4.78 is 3.37. The second-order valence-corrected chi connectivity index (χ2v) is 8.52. The summed E-state index contributed by atoms with van der Waals surface area (Å²) in [5, 5.41) is 21.3. The molecule has 4 aromatic heterocycles. The topological polar surface area (TPSA) is 130 Å². The van der Waals surface area contributed by atoms with Gasteiger partial charge in [-0.15, -0.1) is 0 Å². The van der Waals surface area contributed by atoms with Crippen LogP contribution in [0.15, 0.2) is 49.3 Å². The monoisotopic (exact) mass is 468 g/mol. The molecule has 0 saturated carbocycles. The van der Waals surface area contributed by atoms with Crippen LogP contribution in [0.3, 0.4) is 0 Å². The summed E-state index contributed by atoms with van der Waals surface area (Å²) in [6.45, 7) is 0.678. The van der Waals surface area contributed by atoms with Crippen LogP contribution in [0.5, 0.6) is 0 Å². The highest BCUT2D eigenvalue weighted by atomic mass is 16.1. The van der Waals surface area contributed by atoms with Crippen LogP contribution in [-0.2, 0) is 25.3 Å². The number of carbonyl (C=O) groups excluding carboxylic acids is 1. The summed E-state index contributed by atoms with van der Waals surface area (Å²) in [6.07, 6.45) is 12.3. The number of pyridine rings is 1. The van der Waals surface area contributed by atoms with Gasteiger partial charge in [-0.2, -0.15) is 15.5 Å². The molecule has 0 bridgehead atoms. The van der Waals surface area contributed by atoms with E-state index in [1.54, 1.807) is 46.3 Å². The molecule has 5 rings (SSSR count). The standard InChI is InChI=1S/C24H24N10O/c1-32-14-16(11-28-32)8-22(35)21-4-3-7-34(21)23-17(10-25)9-18(12-27-23)20-5-6-26-24(31-20)30-19-13-29-33(2)15-19/h5-6,9,11-15,21H,3-4,7-8H2,1-2H3,(H,26,30,31)/t21-/m1/s1. The molecule has 35 heavy (non-hydrogen) atoms. The van der Waals surface area contributed by atoms with Crippen LogP contribution in [0.2, 0.25) is 0 Å². The van der Waals surface area contributed by atoms with Gasteiger partial charge in [-0.05, 0) is 30.5 Å². The second kappa shape index (κ2) is 9.34. The van der Waals surface area contributed by atoms with Crippen LogP contribution < -0.4 is 10.2 Å². The van der Waals surface area contributed by atoms with Gasteiger partial charge in [0.15, 0.2) is 5.78 Å². The predicted molar refractivity (Wildman–Crippen MR) is 129 cm³/mol. The van der Waals surface area contributed by atoms with Crippen LogP contribution in [0, 0.1) is 11.3 Å². The van der Waals surface area contributed by atoms with Gasteiger partial charge in [0, 0.05) is 57.4 Å². The van der Waals surface area contributed by atoms with Gasteiger partial charge in [0.1, 0.15) is 11.9 Å². The minimum atomic E-state index is -0.310. The average Bonchev–Trinajstić information content (AvgIpc) is 3.60. The Hall–Kier alpha value is -4.59. The number of Topliss-reactive ketones (excluding diaryl/α,β-unsaturated/α-hetero) is 1. The average molecular weight is 469 g/mol. The van der Waals surface area contributed by atoms with E-state index in [0.717, 1.165) is 24.1 Å². The van der Waals surface area contributed by atoms with Crippen molar-refractivity contribution in [1.29, 1.82) is 5.26 Å². The molecular formula is C24H24N10O. The highest BCUT2D eigenvalue weighted by Gasteiger charge is 2.33. The third kappa shape index (κ3) is 4.72. The Kier molecular flexibility index (Phi) is 5.93. The van der Waals surface area contributed by atoms with Crippen LogP contribution >= 0.6 is 0 Å². The third-order valence-electron chi connectivity index (χ3n) is 5.93. The van der Waals surface area contributed by atoms with Crippen LogP contribution in [0.1, 0.15) is 24.0 Å². The van der Waals surface area contributed by atoms with Crippen molar-refractivity contribution in [3.05, 3.63) is 60.4 Å². The minimum absolute atomic E-state index is 0.104. The van der Waals surface area contributed by atoms with Crippen molar-refractivity contribution >= 4 is 23.2 Å². The fourth-order valence-corrected chi connectivity index (χ4v) is 4.34. The number of rotatable bonds is 7. The number of nitrogens with zero attached hydrogens (tertiary/aromatic N) is 9. The molecule has 11 heteroatoms. The molecular weight excluding hydrogens is 444 g/mol. The van der Waals surface area contributed by atoms with E-state index >= 15 is 0 Å². The van der Waals surface area contributed by atoms with Crippen molar-refractivity contribution in [2.24, 2.45) is 14.1 Å².